The van der Waals surface area contributed by atoms with Crippen molar-refractivity contribution in [2.45, 2.75) is 32.6 Å². The van der Waals surface area contributed by atoms with Gasteiger partial charge in [-0.2, -0.15) is 0 Å². The van der Waals surface area contributed by atoms with Gasteiger partial charge in [-0.05, 0) is 62.7 Å². The molecule has 4 nitrogen and oxygen atoms in total. The van der Waals surface area contributed by atoms with Gasteiger partial charge in [-0.25, -0.2) is 0 Å². The molecule has 1 fully saturated rings. The molecule has 2 rings (SSSR count). The van der Waals surface area contributed by atoms with Crippen LogP contribution in [0, 0.1) is 5.92 Å². The second kappa shape index (κ2) is 9.05. The molecule has 2 heterocycles. The summed E-state index contributed by atoms with van der Waals surface area (Å²) in [5, 5.41) is 5.31. The summed E-state index contributed by atoms with van der Waals surface area (Å²) in [4.78, 5) is 8.36. The summed E-state index contributed by atoms with van der Waals surface area (Å²) >= 11 is 1.79. The van der Waals surface area contributed by atoms with Gasteiger partial charge in [0, 0.05) is 18.0 Å². The molecule has 21 heavy (non-hydrogen) atoms. The van der Waals surface area contributed by atoms with Crippen molar-refractivity contribution in [3.05, 3.63) is 22.4 Å². The first-order valence-electron chi connectivity index (χ1n) is 8.06. The van der Waals surface area contributed by atoms with Crippen molar-refractivity contribution in [3.63, 3.8) is 0 Å². The average Bonchev–Trinajstić information content (AvgIpc) is 3.01. The molecule has 0 unspecified atom stereocenters. The van der Waals surface area contributed by atoms with E-state index in [0.29, 0.717) is 5.96 Å². The summed E-state index contributed by atoms with van der Waals surface area (Å²) in [7, 11) is 0. The van der Waals surface area contributed by atoms with Gasteiger partial charge in [0.1, 0.15) is 0 Å². The van der Waals surface area contributed by atoms with Gasteiger partial charge >= 0.3 is 0 Å². The fourth-order valence-electron chi connectivity index (χ4n) is 2.78. The predicted octanol–water partition coefficient (Wildman–Crippen LogP) is 2.32. The number of hydrogen-bond donors (Lipinski definition) is 2. The molecule has 0 bridgehead atoms. The van der Waals surface area contributed by atoms with E-state index in [-0.39, 0.29) is 0 Å². The predicted molar refractivity (Wildman–Crippen MR) is 92.0 cm³/mol. The molecule has 1 saturated heterocycles. The summed E-state index contributed by atoms with van der Waals surface area (Å²) in [6, 6.07) is 4.24. The lowest BCUT2D eigenvalue weighted by Crippen LogP contribution is -2.34. The highest BCUT2D eigenvalue weighted by molar-refractivity contribution is 7.09. The van der Waals surface area contributed by atoms with Crippen LogP contribution in [0.15, 0.2) is 22.5 Å². The number of thiophene rings is 1. The molecule has 0 saturated carbocycles. The van der Waals surface area contributed by atoms with Crippen LogP contribution in [0.4, 0.5) is 0 Å². The zero-order valence-corrected chi connectivity index (χ0v) is 13.9. The van der Waals surface area contributed by atoms with Crippen LogP contribution in [0.3, 0.4) is 0 Å². The first-order valence-corrected chi connectivity index (χ1v) is 8.94. The van der Waals surface area contributed by atoms with E-state index in [1.165, 1.54) is 43.8 Å². The van der Waals surface area contributed by atoms with E-state index >= 15 is 0 Å². The fraction of sp³-hybridized carbons (Fsp3) is 0.688. The van der Waals surface area contributed by atoms with Gasteiger partial charge in [0.25, 0.3) is 0 Å². The molecule has 0 aliphatic carbocycles. The van der Waals surface area contributed by atoms with Crippen molar-refractivity contribution in [3.8, 4) is 0 Å². The summed E-state index contributed by atoms with van der Waals surface area (Å²) in [5.41, 5.74) is 5.91. The molecule has 1 aromatic heterocycles. The van der Waals surface area contributed by atoms with Crippen LogP contribution in [0.5, 0.6) is 0 Å². The van der Waals surface area contributed by atoms with Gasteiger partial charge in [0.2, 0.25) is 0 Å². The Balaban J connectivity index is 1.56. The minimum absolute atomic E-state index is 0.595. The van der Waals surface area contributed by atoms with Gasteiger partial charge < -0.3 is 16.0 Å². The van der Waals surface area contributed by atoms with Gasteiger partial charge in [0.15, 0.2) is 5.96 Å². The summed E-state index contributed by atoms with van der Waals surface area (Å²) in [5.74, 6) is 1.42. The molecule has 1 aliphatic rings. The third kappa shape index (κ3) is 6.06. The van der Waals surface area contributed by atoms with Crippen LogP contribution in [0.2, 0.25) is 0 Å². The Kier molecular flexibility index (Phi) is 7.03. The normalized spacial score (nSPS) is 18.0. The van der Waals surface area contributed by atoms with E-state index in [0.717, 1.165) is 25.4 Å². The van der Waals surface area contributed by atoms with E-state index in [2.05, 4.69) is 39.6 Å². The second-order valence-electron chi connectivity index (χ2n) is 5.69. The van der Waals surface area contributed by atoms with Crippen LogP contribution >= 0.6 is 11.3 Å². The lowest BCUT2D eigenvalue weighted by molar-refractivity contribution is 0.188. The monoisotopic (exact) mass is 308 g/mol. The van der Waals surface area contributed by atoms with Gasteiger partial charge in [-0.3, -0.25) is 4.99 Å². The van der Waals surface area contributed by atoms with E-state index in [1.807, 2.05) is 0 Å². The summed E-state index contributed by atoms with van der Waals surface area (Å²) < 4.78 is 0. The molecule has 5 heteroatoms. The summed E-state index contributed by atoms with van der Waals surface area (Å²) in [6.45, 7) is 7.65. The number of aliphatic imine (C=N–C) groups is 1. The van der Waals surface area contributed by atoms with Crippen molar-refractivity contribution in [2.75, 3.05) is 32.7 Å². The summed E-state index contributed by atoms with van der Waals surface area (Å²) in [6.07, 6.45) is 4.82. The Hall–Kier alpha value is -1.07. The minimum Gasteiger partial charge on any atom is -0.370 e. The van der Waals surface area contributed by atoms with E-state index in [4.69, 9.17) is 5.73 Å². The number of rotatable bonds is 7. The maximum atomic E-state index is 5.91. The number of nitrogens with one attached hydrogen (secondary N) is 1. The lowest BCUT2D eigenvalue weighted by Gasteiger charge is -2.30. The van der Waals surface area contributed by atoms with Gasteiger partial charge in [-0.1, -0.05) is 13.0 Å². The lowest BCUT2D eigenvalue weighted by atomic mass is 9.94. The number of hydrogen-bond acceptors (Lipinski definition) is 3. The van der Waals surface area contributed by atoms with Crippen molar-refractivity contribution in [2.24, 2.45) is 16.6 Å². The highest BCUT2D eigenvalue weighted by atomic mass is 32.1. The molecule has 1 aliphatic heterocycles. The van der Waals surface area contributed by atoms with E-state index in [9.17, 15) is 0 Å². The highest BCUT2D eigenvalue weighted by Gasteiger charge is 2.17. The smallest absolute Gasteiger partial charge is 0.188 e. The average molecular weight is 308 g/mol. The van der Waals surface area contributed by atoms with Gasteiger partial charge in [-0.15, -0.1) is 11.3 Å². The Bertz CT molecular complexity index is 408. The zero-order valence-electron chi connectivity index (χ0n) is 13.1. The second-order valence-corrected chi connectivity index (χ2v) is 6.72. The first-order chi connectivity index (χ1) is 10.3. The number of piperidine rings is 1. The van der Waals surface area contributed by atoms with Gasteiger partial charge in [0.05, 0.1) is 0 Å². The number of nitrogens with zero attached hydrogens (tertiary/aromatic N) is 2. The molecule has 0 aromatic carbocycles. The van der Waals surface area contributed by atoms with E-state index < -0.39 is 0 Å². The molecular formula is C16H28N4S. The Labute approximate surface area is 132 Å². The zero-order chi connectivity index (χ0) is 14.9. The molecule has 0 radical (unpaired) electrons. The molecule has 0 atom stereocenters. The molecule has 0 spiro atoms. The third-order valence-electron chi connectivity index (χ3n) is 4.23. The standard InChI is InChI=1S/C16H28N4S/c1-2-20-11-7-14(8-12-20)5-9-18-16(17)19-10-6-15-4-3-13-21-15/h3-4,13-14H,2,5-12H2,1H3,(H3,17,18,19). The number of guanidine groups is 1. The molecule has 0 amide bonds. The molecular weight excluding hydrogens is 280 g/mol. The number of nitrogens with two attached hydrogens (primary N) is 1. The minimum atomic E-state index is 0.595. The number of likely N-dealkylation sites (tertiary alicyclic amines) is 1. The molecule has 1 aromatic rings. The van der Waals surface area contributed by atoms with Crippen LogP contribution in [-0.2, 0) is 6.42 Å². The van der Waals surface area contributed by atoms with Crippen molar-refractivity contribution < 1.29 is 0 Å². The third-order valence-corrected chi connectivity index (χ3v) is 5.17. The highest BCUT2D eigenvalue weighted by Crippen LogP contribution is 2.19. The Morgan fingerprint density at radius 2 is 2.29 bits per heavy atom. The van der Waals surface area contributed by atoms with Crippen LogP contribution in [0.25, 0.3) is 0 Å². The molecule has 3 N–H and O–H groups in total. The fourth-order valence-corrected chi connectivity index (χ4v) is 3.49. The Morgan fingerprint density at radius 1 is 1.48 bits per heavy atom. The maximum absolute atomic E-state index is 5.91. The SMILES string of the molecule is CCN1CCC(CCN=C(N)NCCc2cccs2)CC1. The first kappa shape index (κ1) is 16.3. The topological polar surface area (TPSA) is 53.6 Å². The van der Waals surface area contributed by atoms with Crippen LogP contribution < -0.4 is 11.1 Å². The van der Waals surface area contributed by atoms with Crippen molar-refractivity contribution in [1.29, 1.82) is 0 Å². The van der Waals surface area contributed by atoms with Crippen LogP contribution in [-0.4, -0.2) is 43.6 Å². The quantitative estimate of drug-likeness (QED) is 0.600. The molecule has 118 valence electrons. The Morgan fingerprint density at radius 3 is 2.95 bits per heavy atom. The largest absolute Gasteiger partial charge is 0.370 e. The van der Waals surface area contributed by atoms with Crippen LogP contribution in [0.1, 0.15) is 31.1 Å². The van der Waals surface area contributed by atoms with Crippen molar-refractivity contribution >= 4 is 17.3 Å². The maximum Gasteiger partial charge on any atom is 0.188 e. The van der Waals surface area contributed by atoms with E-state index in [1.54, 1.807) is 11.3 Å². The van der Waals surface area contributed by atoms with Crippen molar-refractivity contribution in [1.82, 2.24) is 10.2 Å².